The van der Waals surface area contributed by atoms with Gasteiger partial charge in [0.2, 0.25) is 27.7 Å². The van der Waals surface area contributed by atoms with Crippen LogP contribution in [-0.4, -0.2) is 120 Å². The van der Waals surface area contributed by atoms with Crippen molar-refractivity contribution in [2.45, 2.75) is 106 Å². The fraction of sp³-hybridized carbons (Fsp3) is 0.625. The molecule has 8 atom stereocenters. The third kappa shape index (κ3) is 7.52. The van der Waals surface area contributed by atoms with Gasteiger partial charge in [-0.1, -0.05) is 44.2 Å². The quantitative estimate of drug-likeness (QED) is 0.311. The molecular weight excluding hydrogens is 762 g/mol. The van der Waals surface area contributed by atoms with E-state index in [1.807, 2.05) is 44.2 Å². The van der Waals surface area contributed by atoms with E-state index in [1.165, 1.54) is 23.1 Å². The number of ether oxygens (including phenoxy) is 3. The van der Waals surface area contributed by atoms with Crippen molar-refractivity contribution in [2.75, 3.05) is 33.5 Å². The maximum absolute atomic E-state index is 15.2. The number of halogens is 1. The number of hydrogen-bond donors (Lipinski definition) is 3. The third-order valence-electron chi connectivity index (χ3n) is 12.7. The zero-order valence-electron chi connectivity index (χ0n) is 32.7. The van der Waals surface area contributed by atoms with Crippen molar-refractivity contribution in [3.05, 3.63) is 42.6 Å². The first kappa shape index (κ1) is 40.7. The second kappa shape index (κ2) is 15.3. The maximum Gasteiger partial charge on any atom is 0.408 e. The average molecular weight is 814 g/mol. The number of amides is 4. The minimum Gasteiger partial charge on any atom is -0.494 e. The molecule has 5 aliphatic rings. The molecule has 4 amide bonds. The summed E-state index contributed by atoms with van der Waals surface area (Å²) in [6.45, 7) is 4.80. The van der Waals surface area contributed by atoms with Crippen LogP contribution in [0.15, 0.2) is 42.6 Å². The van der Waals surface area contributed by atoms with Crippen molar-refractivity contribution in [3.63, 3.8) is 0 Å². The topological polar surface area (TPSA) is 194 Å². The second-order valence-corrected chi connectivity index (χ2v) is 19.0. The van der Waals surface area contributed by atoms with Gasteiger partial charge in [-0.05, 0) is 69.8 Å². The molecule has 2 aliphatic carbocycles. The van der Waals surface area contributed by atoms with E-state index in [2.05, 4.69) is 15.0 Å². The van der Waals surface area contributed by atoms with Crippen LogP contribution in [-0.2, 0) is 29.1 Å². The van der Waals surface area contributed by atoms with Gasteiger partial charge in [0.1, 0.15) is 40.9 Å². The second-order valence-electron chi connectivity index (χ2n) is 16.9. The molecule has 1 aromatic heterocycles. The molecule has 310 valence electrons. The first-order valence-corrected chi connectivity index (χ1v) is 21.2. The zero-order chi connectivity index (χ0) is 40.9. The molecule has 2 aromatic rings. The SMILES string of the molecule is COc1cnc(O[C@@H]2C[C@H]3C(=O)N[C@]4(C(=O)NS(=O)(=O)C5(CF)CC5)C[C@H]4C=CCC[C@H](C)C[C@@H](C)[C@H](N(C(=O)O)C4(C)CCOC4)C(=O)N3C2)c2ccccc12. The van der Waals surface area contributed by atoms with Crippen molar-refractivity contribution in [2.24, 2.45) is 17.8 Å². The molecular formula is C40H52FN5O10S. The van der Waals surface area contributed by atoms with Gasteiger partial charge in [-0.25, -0.2) is 22.6 Å². The highest BCUT2D eigenvalue weighted by Gasteiger charge is 2.64. The van der Waals surface area contributed by atoms with Gasteiger partial charge in [0.15, 0.2) is 0 Å². The molecule has 1 aromatic carbocycles. The molecule has 1 unspecified atom stereocenters. The van der Waals surface area contributed by atoms with Gasteiger partial charge in [0.05, 0.1) is 32.0 Å². The van der Waals surface area contributed by atoms with E-state index >= 15 is 4.79 Å². The molecule has 2 saturated carbocycles. The number of hydrogen-bond acceptors (Lipinski definition) is 10. The lowest BCUT2D eigenvalue weighted by Gasteiger charge is -2.44. The predicted molar refractivity (Wildman–Crippen MR) is 206 cm³/mol. The molecule has 57 heavy (non-hydrogen) atoms. The van der Waals surface area contributed by atoms with Crippen molar-refractivity contribution in [1.82, 2.24) is 24.8 Å². The molecule has 0 spiro atoms. The molecule has 0 radical (unpaired) electrons. The van der Waals surface area contributed by atoms with Crippen LogP contribution in [0.4, 0.5) is 9.18 Å². The van der Waals surface area contributed by atoms with Gasteiger partial charge in [-0.3, -0.25) is 24.0 Å². The number of pyridine rings is 1. The number of nitrogens with zero attached hydrogens (tertiary/aromatic N) is 3. The molecule has 3 aliphatic heterocycles. The van der Waals surface area contributed by atoms with E-state index < -0.39 is 86.4 Å². The number of rotatable bonds is 9. The number of nitrogens with one attached hydrogen (secondary N) is 2. The smallest absolute Gasteiger partial charge is 0.408 e. The van der Waals surface area contributed by atoms with Crippen LogP contribution >= 0.6 is 0 Å². The van der Waals surface area contributed by atoms with E-state index in [9.17, 15) is 32.3 Å². The summed E-state index contributed by atoms with van der Waals surface area (Å²) in [5.74, 6) is -2.53. The first-order valence-electron chi connectivity index (χ1n) is 19.7. The van der Waals surface area contributed by atoms with Crippen LogP contribution < -0.4 is 19.5 Å². The van der Waals surface area contributed by atoms with Crippen LogP contribution in [0.3, 0.4) is 0 Å². The summed E-state index contributed by atoms with van der Waals surface area (Å²) >= 11 is 0. The third-order valence-corrected chi connectivity index (χ3v) is 14.8. The van der Waals surface area contributed by atoms with E-state index in [0.717, 1.165) is 5.39 Å². The number of carbonyl (C=O) groups is 4. The van der Waals surface area contributed by atoms with Crippen LogP contribution in [0.5, 0.6) is 11.6 Å². The minimum absolute atomic E-state index is 0.0496. The largest absolute Gasteiger partial charge is 0.494 e. The van der Waals surface area contributed by atoms with Crippen molar-refractivity contribution >= 4 is 44.6 Å². The summed E-state index contributed by atoms with van der Waals surface area (Å²) in [4.78, 5) is 64.1. The Morgan fingerprint density at radius 3 is 2.54 bits per heavy atom. The van der Waals surface area contributed by atoms with Crippen LogP contribution in [0.2, 0.25) is 0 Å². The van der Waals surface area contributed by atoms with Crippen LogP contribution in [0.1, 0.15) is 72.1 Å². The van der Waals surface area contributed by atoms with Gasteiger partial charge in [0.25, 0.3) is 5.91 Å². The molecule has 3 N–H and O–H groups in total. The summed E-state index contributed by atoms with van der Waals surface area (Å²) in [5.41, 5.74) is -2.71. The summed E-state index contributed by atoms with van der Waals surface area (Å²) < 4.78 is 58.4. The number of carbonyl (C=O) groups excluding carboxylic acids is 3. The van der Waals surface area contributed by atoms with Gasteiger partial charge in [-0.15, -0.1) is 0 Å². The first-order chi connectivity index (χ1) is 27.1. The van der Waals surface area contributed by atoms with Crippen molar-refractivity contribution < 1.29 is 51.3 Å². The van der Waals surface area contributed by atoms with E-state index in [-0.39, 0.29) is 50.6 Å². The number of sulfonamides is 1. The van der Waals surface area contributed by atoms with Gasteiger partial charge < -0.3 is 29.5 Å². The lowest BCUT2D eigenvalue weighted by atomic mass is 9.84. The number of benzene rings is 1. The summed E-state index contributed by atoms with van der Waals surface area (Å²) in [7, 11) is -2.88. The standard InChI is InChI=1S/C40H52FN5O10S/c1-24-9-5-6-10-26-19-40(26,36(49)44-57(52,53)39(22-41)13-14-39)43-33(47)30-18-27(56-34-29-12-8-7-11-28(29)31(54-4)20-42-34)21-45(30)35(48)32(25(2)17-24)46(37(50)51)38(3)15-16-55-23-38/h6-8,10-12,20,24-27,30,32H,5,9,13-19,21-23H2,1-4H3,(H,43,47)(H,44,49)(H,50,51)/t24-,25+,26+,27+,30-,32-,38?,40+/m0/s1. The Morgan fingerprint density at radius 1 is 1.16 bits per heavy atom. The molecule has 15 nitrogen and oxygen atoms in total. The molecule has 2 saturated heterocycles. The van der Waals surface area contributed by atoms with Gasteiger partial charge in [0, 0.05) is 29.7 Å². The number of methoxy groups -OCH3 is 1. The Balaban J connectivity index is 1.27. The fourth-order valence-corrected chi connectivity index (χ4v) is 10.4. The van der Waals surface area contributed by atoms with Crippen LogP contribution in [0.25, 0.3) is 10.8 Å². The minimum atomic E-state index is -4.41. The Labute approximate surface area is 331 Å². The van der Waals surface area contributed by atoms with E-state index in [1.54, 1.807) is 13.0 Å². The Kier molecular flexibility index (Phi) is 11.0. The normalized spacial score (nSPS) is 32.6. The Morgan fingerprint density at radius 2 is 1.89 bits per heavy atom. The summed E-state index contributed by atoms with van der Waals surface area (Å²) in [6.07, 6.45) is 5.45. The van der Waals surface area contributed by atoms with Crippen molar-refractivity contribution in [3.8, 4) is 11.6 Å². The lowest BCUT2D eigenvalue weighted by Crippen LogP contribution is -2.64. The molecule has 7 rings (SSSR count). The fourth-order valence-electron chi connectivity index (χ4n) is 8.98. The zero-order valence-corrected chi connectivity index (χ0v) is 33.6. The molecule has 0 bridgehead atoms. The number of allylic oxidation sites excluding steroid dienone is 1. The number of fused-ring (bicyclic) bond motifs is 3. The highest BCUT2D eigenvalue weighted by atomic mass is 32.2. The Hall–Kier alpha value is -4.51. The average Bonchev–Trinajstić information content (AvgIpc) is 4.02. The lowest BCUT2D eigenvalue weighted by molar-refractivity contribution is -0.146. The molecule has 4 heterocycles. The highest BCUT2D eigenvalue weighted by molar-refractivity contribution is 7.91. The number of carboxylic acid groups (broad SMARTS) is 1. The van der Waals surface area contributed by atoms with Gasteiger partial charge >= 0.3 is 6.09 Å². The maximum atomic E-state index is 15.2. The molecule has 4 fully saturated rings. The number of alkyl halides is 1. The van der Waals surface area contributed by atoms with Gasteiger partial charge in [-0.2, -0.15) is 0 Å². The Bertz CT molecular complexity index is 2060. The number of aromatic nitrogens is 1. The van der Waals surface area contributed by atoms with Crippen LogP contribution in [0, 0.1) is 17.8 Å². The van der Waals surface area contributed by atoms with E-state index in [4.69, 9.17) is 14.2 Å². The molecule has 17 heteroatoms. The highest BCUT2D eigenvalue weighted by Crippen LogP contribution is 2.48. The van der Waals surface area contributed by atoms with Crippen molar-refractivity contribution in [1.29, 1.82) is 0 Å². The summed E-state index contributed by atoms with van der Waals surface area (Å²) in [5, 5.41) is 15.0. The van der Waals surface area contributed by atoms with E-state index in [0.29, 0.717) is 43.4 Å². The monoisotopic (exact) mass is 813 g/mol. The summed E-state index contributed by atoms with van der Waals surface area (Å²) in [6, 6.07) is 4.86. The predicted octanol–water partition coefficient (Wildman–Crippen LogP) is 3.95.